The molecule has 0 atom stereocenters. The molecule has 0 saturated heterocycles. The largest absolute Gasteiger partial charge is 0.268 e. The fourth-order valence-electron chi connectivity index (χ4n) is 4.10. The van der Waals surface area contributed by atoms with Crippen LogP contribution in [0, 0.1) is 6.92 Å². The van der Waals surface area contributed by atoms with Gasteiger partial charge in [-0.2, -0.15) is 0 Å². The van der Waals surface area contributed by atoms with Crippen molar-refractivity contribution in [1.29, 1.82) is 0 Å². The van der Waals surface area contributed by atoms with E-state index in [1.54, 1.807) is 15.9 Å². The van der Waals surface area contributed by atoms with Crippen LogP contribution in [0.15, 0.2) is 29.1 Å². The van der Waals surface area contributed by atoms with Crippen molar-refractivity contribution < 1.29 is 0 Å². The van der Waals surface area contributed by atoms with Gasteiger partial charge in [0.2, 0.25) is 5.78 Å². The Labute approximate surface area is 161 Å². The van der Waals surface area contributed by atoms with Crippen molar-refractivity contribution in [2.75, 3.05) is 0 Å². The van der Waals surface area contributed by atoms with E-state index in [1.165, 1.54) is 22.4 Å². The molecule has 1 aliphatic rings. The summed E-state index contributed by atoms with van der Waals surface area (Å²) in [4.78, 5) is 16.0. The first kappa shape index (κ1) is 16.7. The smallest absolute Gasteiger partial charge is 0.268 e. The predicted octanol–water partition coefficient (Wildman–Crippen LogP) is 4.23. The predicted molar refractivity (Wildman–Crippen MR) is 109 cm³/mol. The van der Waals surface area contributed by atoms with E-state index in [4.69, 9.17) is 0 Å². The van der Waals surface area contributed by atoms with Crippen molar-refractivity contribution in [3.63, 3.8) is 0 Å². The Morgan fingerprint density at radius 3 is 2.67 bits per heavy atom. The molecular formula is C21H22N4OS. The zero-order chi connectivity index (χ0) is 18.5. The van der Waals surface area contributed by atoms with Gasteiger partial charge in [0.1, 0.15) is 10.7 Å². The molecule has 1 aromatic carbocycles. The zero-order valence-electron chi connectivity index (χ0n) is 15.7. The Bertz CT molecular complexity index is 1210. The van der Waals surface area contributed by atoms with Crippen molar-refractivity contribution >= 4 is 27.3 Å². The summed E-state index contributed by atoms with van der Waals surface area (Å²) in [6.07, 6.45) is 6.28. The van der Waals surface area contributed by atoms with E-state index in [2.05, 4.69) is 28.4 Å². The van der Waals surface area contributed by atoms with Gasteiger partial charge in [-0.05, 0) is 56.7 Å². The molecule has 27 heavy (non-hydrogen) atoms. The molecule has 0 saturated carbocycles. The summed E-state index contributed by atoms with van der Waals surface area (Å²) >= 11 is 1.76. The average Bonchev–Trinajstić information content (AvgIpc) is 3.25. The third-order valence-corrected chi connectivity index (χ3v) is 6.73. The van der Waals surface area contributed by atoms with Crippen molar-refractivity contribution in [2.45, 2.75) is 52.4 Å². The normalized spacial score (nSPS) is 14.1. The van der Waals surface area contributed by atoms with Crippen LogP contribution < -0.4 is 5.56 Å². The van der Waals surface area contributed by atoms with Crippen LogP contribution in [0.5, 0.6) is 0 Å². The lowest BCUT2D eigenvalue weighted by molar-refractivity contribution is 0.699. The van der Waals surface area contributed by atoms with Crippen LogP contribution in [-0.2, 0) is 19.3 Å². The van der Waals surface area contributed by atoms with Crippen molar-refractivity contribution in [1.82, 2.24) is 19.2 Å². The number of thiophene rings is 1. The van der Waals surface area contributed by atoms with E-state index < -0.39 is 0 Å². The quantitative estimate of drug-likeness (QED) is 0.536. The first-order valence-corrected chi connectivity index (χ1v) is 10.5. The maximum atomic E-state index is 13.6. The van der Waals surface area contributed by atoms with Gasteiger partial charge in [-0.3, -0.25) is 9.20 Å². The average molecular weight is 379 g/mol. The van der Waals surface area contributed by atoms with E-state index in [-0.39, 0.29) is 5.56 Å². The first-order chi connectivity index (χ1) is 13.2. The second-order valence-electron chi connectivity index (χ2n) is 7.37. The minimum Gasteiger partial charge on any atom is -0.268 e. The van der Waals surface area contributed by atoms with Gasteiger partial charge in [0, 0.05) is 11.3 Å². The van der Waals surface area contributed by atoms with Gasteiger partial charge in [-0.15, -0.1) is 21.5 Å². The lowest BCUT2D eigenvalue weighted by Gasteiger charge is -2.12. The van der Waals surface area contributed by atoms with Gasteiger partial charge in [0.05, 0.1) is 11.1 Å². The molecule has 5 rings (SSSR count). The molecule has 0 amide bonds. The summed E-state index contributed by atoms with van der Waals surface area (Å²) in [5.41, 5.74) is 3.31. The van der Waals surface area contributed by atoms with Crippen molar-refractivity contribution in [2.24, 2.45) is 0 Å². The Balaban J connectivity index is 1.95. The second kappa shape index (κ2) is 6.30. The van der Waals surface area contributed by atoms with Crippen LogP contribution in [-0.4, -0.2) is 19.2 Å². The third kappa shape index (κ3) is 2.46. The standard InChI is InChI=1S/C21H22N4OS/c1-3-6-17-22-23-21-24(14-11-9-13(2)10-12-14)19(26)18-15-7-4-5-8-16(15)27-20(18)25(17)21/h9-12H,3-8H2,1-2H3. The minimum absolute atomic E-state index is 0.0381. The summed E-state index contributed by atoms with van der Waals surface area (Å²) in [6.45, 7) is 4.20. The number of benzene rings is 1. The number of fused-ring (bicyclic) bond motifs is 5. The topological polar surface area (TPSA) is 52.2 Å². The van der Waals surface area contributed by atoms with E-state index in [0.29, 0.717) is 5.78 Å². The molecule has 1 aliphatic carbocycles. The number of nitrogens with zero attached hydrogens (tertiary/aromatic N) is 4. The van der Waals surface area contributed by atoms with E-state index in [1.807, 2.05) is 24.3 Å². The second-order valence-corrected chi connectivity index (χ2v) is 8.45. The van der Waals surface area contributed by atoms with Gasteiger partial charge >= 0.3 is 0 Å². The molecule has 0 spiro atoms. The molecule has 3 heterocycles. The van der Waals surface area contributed by atoms with Gasteiger partial charge in [0.25, 0.3) is 5.56 Å². The highest BCUT2D eigenvalue weighted by Crippen LogP contribution is 2.35. The molecule has 0 fully saturated rings. The molecule has 138 valence electrons. The monoisotopic (exact) mass is 378 g/mol. The lowest BCUT2D eigenvalue weighted by Crippen LogP contribution is -2.22. The summed E-state index contributed by atoms with van der Waals surface area (Å²) in [5, 5.41) is 9.76. The molecule has 4 aromatic rings. The van der Waals surface area contributed by atoms with Crippen LogP contribution in [0.1, 0.15) is 48.0 Å². The summed E-state index contributed by atoms with van der Waals surface area (Å²) in [5.74, 6) is 1.57. The molecule has 0 bridgehead atoms. The summed E-state index contributed by atoms with van der Waals surface area (Å²) < 4.78 is 3.87. The van der Waals surface area contributed by atoms with Crippen LogP contribution in [0.4, 0.5) is 0 Å². The number of hydrogen-bond acceptors (Lipinski definition) is 4. The molecule has 3 aromatic heterocycles. The lowest BCUT2D eigenvalue weighted by atomic mass is 9.97. The van der Waals surface area contributed by atoms with E-state index in [9.17, 15) is 4.79 Å². The molecule has 6 heteroatoms. The highest BCUT2D eigenvalue weighted by atomic mass is 32.1. The van der Waals surface area contributed by atoms with Crippen molar-refractivity contribution in [3.05, 3.63) is 56.4 Å². The van der Waals surface area contributed by atoms with Gasteiger partial charge < -0.3 is 0 Å². The number of hydrogen-bond donors (Lipinski definition) is 0. The molecule has 0 N–H and O–H groups in total. The molecule has 0 aliphatic heterocycles. The van der Waals surface area contributed by atoms with Crippen molar-refractivity contribution in [3.8, 4) is 5.69 Å². The van der Waals surface area contributed by atoms with Crippen LogP contribution in [0.2, 0.25) is 0 Å². The minimum atomic E-state index is 0.0381. The Hall–Kier alpha value is -2.47. The van der Waals surface area contributed by atoms with E-state index in [0.717, 1.165) is 53.8 Å². The molecule has 0 radical (unpaired) electrons. The maximum absolute atomic E-state index is 13.6. The van der Waals surface area contributed by atoms with Gasteiger partial charge in [0.15, 0.2) is 0 Å². The Morgan fingerprint density at radius 2 is 1.89 bits per heavy atom. The highest BCUT2D eigenvalue weighted by molar-refractivity contribution is 7.18. The fourth-order valence-corrected chi connectivity index (χ4v) is 5.50. The zero-order valence-corrected chi connectivity index (χ0v) is 16.5. The first-order valence-electron chi connectivity index (χ1n) is 9.69. The van der Waals surface area contributed by atoms with E-state index >= 15 is 0 Å². The van der Waals surface area contributed by atoms with Crippen LogP contribution >= 0.6 is 11.3 Å². The summed E-state index contributed by atoms with van der Waals surface area (Å²) in [6, 6.07) is 8.06. The third-order valence-electron chi connectivity index (χ3n) is 5.45. The molecule has 5 nitrogen and oxygen atoms in total. The SMILES string of the molecule is CCCc1nnc2n(-c3ccc(C)cc3)c(=O)c3c4c(sc3n12)CCCC4. The Kier molecular flexibility index (Phi) is 3.90. The number of rotatable bonds is 3. The Morgan fingerprint density at radius 1 is 1.11 bits per heavy atom. The fraction of sp³-hybridized carbons (Fsp3) is 0.381. The molecule has 0 unspecified atom stereocenters. The van der Waals surface area contributed by atoms with Crippen LogP contribution in [0.25, 0.3) is 21.7 Å². The number of aromatic nitrogens is 4. The highest BCUT2D eigenvalue weighted by Gasteiger charge is 2.25. The van der Waals surface area contributed by atoms with Crippen LogP contribution in [0.3, 0.4) is 0 Å². The number of aryl methyl sites for hydroxylation is 4. The maximum Gasteiger partial charge on any atom is 0.268 e. The van der Waals surface area contributed by atoms with Gasteiger partial charge in [-0.1, -0.05) is 24.6 Å². The summed E-state index contributed by atoms with van der Waals surface area (Å²) in [7, 11) is 0. The van der Waals surface area contributed by atoms with Gasteiger partial charge in [-0.25, -0.2) is 4.57 Å². The molecular weight excluding hydrogens is 356 g/mol.